The monoisotopic (exact) mass is 471 g/mol. The lowest BCUT2D eigenvalue weighted by molar-refractivity contribution is 0.0702. The van der Waals surface area contributed by atoms with Gasteiger partial charge in [-0.15, -0.1) is 11.3 Å². The van der Waals surface area contributed by atoms with Crippen LogP contribution >= 0.6 is 22.9 Å². The summed E-state index contributed by atoms with van der Waals surface area (Å²) in [7, 11) is 0. The smallest absolute Gasteiger partial charge is 0.345 e. The lowest BCUT2D eigenvalue weighted by atomic mass is 10.1. The number of benzene rings is 3. The van der Waals surface area contributed by atoms with E-state index in [9.17, 15) is 4.79 Å². The van der Waals surface area contributed by atoms with Crippen molar-refractivity contribution >= 4 is 62.0 Å². The first-order valence-electron chi connectivity index (χ1n) is 10.3. The molecule has 33 heavy (non-hydrogen) atoms. The fourth-order valence-electron chi connectivity index (χ4n) is 3.51. The van der Waals surface area contributed by atoms with Crippen LogP contribution < -0.4 is 4.74 Å². The Bertz CT molecular complexity index is 1510. The number of carboxylic acid groups (broad SMARTS) is 1. The number of rotatable bonds is 6. The number of hydrogen-bond acceptors (Lipinski definition) is 4. The van der Waals surface area contributed by atoms with Gasteiger partial charge in [-0.3, -0.25) is 0 Å². The predicted octanol–water partition coefficient (Wildman–Crippen LogP) is 7.55. The summed E-state index contributed by atoms with van der Waals surface area (Å²) >= 11 is 7.35. The number of aromatic nitrogens is 1. The molecule has 0 fully saturated rings. The third-order valence-corrected chi connectivity index (χ3v) is 6.54. The highest BCUT2D eigenvalue weighted by Crippen LogP contribution is 2.27. The molecule has 2 aromatic heterocycles. The highest BCUT2D eigenvalue weighted by atomic mass is 35.5. The maximum atomic E-state index is 11.2. The fourth-order valence-corrected chi connectivity index (χ4v) is 4.56. The van der Waals surface area contributed by atoms with E-state index in [1.54, 1.807) is 6.07 Å². The standard InChI is InChI=1S/C27H18ClNO3S/c28-21-7-5-19-6-9-22(29-24(19)15-21)8-1-17-2-10-23(11-3-17)32-16-18-4-12-25-20(13-18)14-26(33-25)27(30)31/h1-15H,16H2,(H,30,31). The zero-order valence-electron chi connectivity index (χ0n) is 17.4. The van der Waals surface area contributed by atoms with Gasteiger partial charge in [0.1, 0.15) is 17.2 Å². The van der Waals surface area contributed by atoms with E-state index < -0.39 is 5.97 Å². The van der Waals surface area contributed by atoms with Crippen LogP contribution in [0, 0.1) is 0 Å². The number of ether oxygens (including phenoxy) is 1. The van der Waals surface area contributed by atoms with Crippen LogP contribution in [-0.2, 0) is 6.61 Å². The summed E-state index contributed by atoms with van der Waals surface area (Å²) in [4.78, 5) is 16.1. The number of thiophene rings is 1. The van der Waals surface area contributed by atoms with Crippen LogP contribution in [0.3, 0.4) is 0 Å². The Hall–Kier alpha value is -3.67. The second-order valence-corrected chi connectivity index (χ2v) is 9.07. The van der Waals surface area contributed by atoms with Crippen molar-refractivity contribution in [2.24, 2.45) is 0 Å². The molecule has 1 N–H and O–H groups in total. The van der Waals surface area contributed by atoms with Crippen LogP contribution in [0.25, 0.3) is 33.1 Å². The third kappa shape index (κ3) is 4.90. The number of hydrogen-bond donors (Lipinski definition) is 1. The molecule has 0 atom stereocenters. The van der Waals surface area contributed by atoms with Gasteiger partial charge in [0.05, 0.1) is 11.2 Å². The van der Waals surface area contributed by atoms with E-state index in [0.29, 0.717) is 16.5 Å². The van der Waals surface area contributed by atoms with E-state index in [4.69, 9.17) is 21.4 Å². The Balaban J connectivity index is 1.24. The zero-order valence-corrected chi connectivity index (χ0v) is 18.9. The van der Waals surface area contributed by atoms with Gasteiger partial charge in [-0.25, -0.2) is 9.78 Å². The van der Waals surface area contributed by atoms with Gasteiger partial charge in [-0.05, 0) is 71.1 Å². The van der Waals surface area contributed by atoms with Crippen molar-refractivity contribution in [1.82, 2.24) is 4.98 Å². The second kappa shape index (κ2) is 9.06. The molecule has 0 amide bonds. The van der Waals surface area contributed by atoms with Gasteiger partial charge in [0.25, 0.3) is 0 Å². The normalized spacial score (nSPS) is 11.4. The van der Waals surface area contributed by atoms with Crippen LogP contribution in [0.15, 0.2) is 78.9 Å². The minimum Gasteiger partial charge on any atom is -0.489 e. The molecule has 0 aliphatic rings. The number of carboxylic acids is 1. The quantitative estimate of drug-likeness (QED) is 0.277. The summed E-state index contributed by atoms with van der Waals surface area (Å²) in [6, 6.07) is 25.1. The Morgan fingerprint density at radius 2 is 1.76 bits per heavy atom. The maximum absolute atomic E-state index is 11.2. The molecule has 0 saturated carbocycles. The Labute approximate surface area is 199 Å². The molecule has 0 aliphatic carbocycles. The maximum Gasteiger partial charge on any atom is 0.345 e. The van der Waals surface area contributed by atoms with Crippen molar-refractivity contribution in [3.05, 3.63) is 106 Å². The molecule has 0 aliphatic heterocycles. The van der Waals surface area contributed by atoms with Crippen LogP contribution in [0.5, 0.6) is 5.75 Å². The molecule has 0 unspecified atom stereocenters. The third-order valence-electron chi connectivity index (χ3n) is 5.20. The second-order valence-electron chi connectivity index (χ2n) is 7.55. The molecular weight excluding hydrogens is 454 g/mol. The average molecular weight is 472 g/mol. The number of fused-ring (bicyclic) bond motifs is 2. The first-order chi connectivity index (χ1) is 16.0. The predicted molar refractivity (Wildman–Crippen MR) is 135 cm³/mol. The Morgan fingerprint density at radius 1 is 0.939 bits per heavy atom. The molecule has 0 saturated heterocycles. The van der Waals surface area contributed by atoms with Crippen LogP contribution in [0.4, 0.5) is 0 Å². The van der Waals surface area contributed by atoms with Crippen molar-refractivity contribution in [2.45, 2.75) is 6.61 Å². The molecule has 162 valence electrons. The SMILES string of the molecule is O=C(O)c1cc2cc(COc3ccc(C=Cc4ccc5ccc(Cl)cc5n4)cc3)ccc2s1. The van der Waals surface area contributed by atoms with E-state index in [1.807, 2.05) is 84.9 Å². The fraction of sp³-hybridized carbons (Fsp3) is 0.0370. The van der Waals surface area contributed by atoms with E-state index in [2.05, 4.69) is 4.98 Å². The number of pyridine rings is 1. The number of halogens is 1. The minimum absolute atomic E-state index is 0.342. The highest BCUT2D eigenvalue weighted by molar-refractivity contribution is 7.20. The van der Waals surface area contributed by atoms with Crippen LogP contribution in [-0.4, -0.2) is 16.1 Å². The van der Waals surface area contributed by atoms with Gasteiger partial charge in [-0.1, -0.05) is 48.0 Å². The number of aromatic carboxylic acids is 1. The molecule has 0 bridgehead atoms. The Morgan fingerprint density at radius 3 is 2.58 bits per heavy atom. The molecule has 6 heteroatoms. The van der Waals surface area contributed by atoms with Crippen LogP contribution in [0.1, 0.15) is 26.5 Å². The van der Waals surface area contributed by atoms with Crippen molar-refractivity contribution < 1.29 is 14.6 Å². The minimum atomic E-state index is -0.899. The summed E-state index contributed by atoms with van der Waals surface area (Å²) in [5.74, 6) is -0.133. The van der Waals surface area contributed by atoms with Crippen molar-refractivity contribution in [2.75, 3.05) is 0 Å². The Kier molecular flexibility index (Phi) is 5.82. The van der Waals surface area contributed by atoms with Crippen LogP contribution in [0.2, 0.25) is 5.02 Å². The molecule has 2 heterocycles. The van der Waals surface area contributed by atoms with E-state index in [0.717, 1.165) is 43.6 Å². The molecular formula is C27H18ClNO3S. The van der Waals surface area contributed by atoms with Crippen molar-refractivity contribution in [3.63, 3.8) is 0 Å². The van der Waals surface area contributed by atoms with E-state index in [1.165, 1.54) is 11.3 Å². The molecule has 5 aromatic rings. The van der Waals surface area contributed by atoms with Gasteiger partial charge >= 0.3 is 5.97 Å². The van der Waals surface area contributed by atoms with E-state index in [-0.39, 0.29) is 0 Å². The van der Waals surface area contributed by atoms with Gasteiger partial charge in [-0.2, -0.15) is 0 Å². The average Bonchev–Trinajstić information content (AvgIpc) is 3.26. The lowest BCUT2D eigenvalue weighted by Crippen LogP contribution is -1.95. The summed E-state index contributed by atoms with van der Waals surface area (Å²) < 4.78 is 6.87. The van der Waals surface area contributed by atoms with Gasteiger partial charge < -0.3 is 9.84 Å². The van der Waals surface area contributed by atoms with Gasteiger partial charge in [0, 0.05) is 15.1 Å². The largest absolute Gasteiger partial charge is 0.489 e. The van der Waals surface area contributed by atoms with Gasteiger partial charge in [0.15, 0.2) is 0 Å². The van der Waals surface area contributed by atoms with Crippen molar-refractivity contribution in [3.8, 4) is 5.75 Å². The van der Waals surface area contributed by atoms with Crippen molar-refractivity contribution in [1.29, 1.82) is 0 Å². The lowest BCUT2D eigenvalue weighted by Gasteiger charge is -2.07. The summed E-state index contributed by atoms with van der Waals surface area (Å²) in [5.41, 5.74) is 3.76. The molecule has 0 spiro atoms. The molecule has 4 nitrogen and oxygen atoms in total. The number of nitrogens with zero attached hydrogens (tertiary/aromatic N) is 1. The molecule has 3 aromatic carbocycles. The molecule has 0 radical (unpaired) electrons. The topological polar surface area (TPSA) is 59.4 Å². The summed E-state index contributed by atoms with van der Waals surface area (Å²) in [6.45, 7) is 0.410. The first-order valence-corrected chi connectivity index (χ1v) is 11.5. The summed E-state index contributed by atoms with van der Waals surface area (Å²) in [6.07, 6.45) is 3.98. The highest BCUT2D eigenvalue weighted by Gasteiger charge is 2.09. The molecule has 5 rings (SSSR count). The zero-order chi connectivity index (χ0) is 22.8. The number of carbonyl (C=O) groups is 1. The van der Waals surface area contributed by atoms with Gasteiger partial charge in [0.2, 0.25) is 0 Å². The first kappa shape index (κ1) is 21.2. The summed E-state index contributed by atoms with van der Waals surface area (Å²) in [5, 5.41) is 11.8. The van der Waals surface area contributed by atoms with E-state index >= 15 is 0 Å².